The molecule has 2 aromatic carbocycles. The Labute approximate surface area is 163 Å². The SMILES string of the molecule is COc1cc(N(O)O)c2c(c1[O-])-c1c(OC)c(OC)cc3c1[C@H](C2)N(C)CC3. The van der Waals surface area contributed by atoms with Crippen molar-refractivity contribution in [3.8, 4) is 34.1 Å². The monoisotopic (exact) mass is 387 g/mol. The minimum atomic E-state index is -0.316. The highest BCUT2D eigenvalue weighted by molar-refractivity contribution is 5.91. The largest absolute Gasteiger partial charge is 0.870 e. The number of nitrogens with zero attached hydrogens (tertiary/aromatic N) is 2. The summed E-state index contributed by atoms with van der Waals surface area (Å²) in [4.78, 5) is 2.21. The fraction of sp³-hybridized carbons (Fsp3) is 0.400. The van der Waals surface area contributed by atoms with Crippen LogP contribution in [0.3, 0.4) is 0 Å². The molecule has 0 saturated carbocycles. The van der Waals surface area contributed by atoms with E-state index in [0.29, 0.717) is 34.6 Å². The van der Waals surface area contributed by atoms with Gasteiger partial charge in [-0.25, -0.2) is 0 Å². The Morgan fingerprint density at radius 2 is 1.79 bits per heavy atom. The summed E-state index contributed by atoms with van der Waals surface area (Å²) in [5.41, 5.74) is 3.79. The van der Waals surface area contributed by atoms with Crippen LogP contribution < -0.4 is 24.5 Å². The molecule has 0 aromatic heterocycles. The van der Waals surface area contributed by atoms with E-state index in [1.54, 1.807) is 7.11 Å². The summed E-state index contributed by atoms with van der Waals surface area (Å²) in [5.74, 6) is 0.717. The molecule has 0 saturated heterocycles. The summed E-state index contributed by atoms with van der Waals surface area (Å²) in [7, 11) is 6.50. The molecule has 0 radical (unpaired) electrons. The molecule has 1 atom stereocenters. The fourth-order valence-corrected chi connectivity index (χ4v) is 4.49. The Morgan fingerprint density at radius 1 is 1.07 bits per heavy atom. The van der Waals surface area contributed by atoms with E-state index < -0.39 is 0 Å². The number of benzene rings is 2. The van der Waals surface area contributed by atoms with Crippen LogP contribution in [-0.2, 0) is 12.8 Å². The maximum atomic E-state index is 13.2. The van der Waals surface area contributed by atoms with Crippen molar-refractivity contribution in [1.82, 2.24) is 4.90 Å². The molecule has 0 spiro atoms. The van der Waals surface area contributed by atoms with Crippen molar-refractivity contribution < 1.29 is 29.7 Å². The van der Waals surface area contributed by atoms with Gasteiger partial charge in [-0.05, 0) is 48.2 Å². The zero-order chi connectivity index (χ0) is 20.2. The van der Waals surface area contributed by atoms with E-state index in [4.69, 9.17) is 14.2 Å². The summed E-state index contributed by atoms with van der Waals surface area (Å²) < 4.78 is 16.4. The Hall–Kier alpha value is -2.68. The van der Waals surface area contributed by atoms with Gasteiger partial charge >= 0.3 is 0 Å². The summed E-state index contributed by atoms with van der Waals surface area (Å²) >= 11 is 0. The molecule has 1 aliphatic carbocycles. The molecule has 0 bridgehead atoms. The molecular weight excluding hydrogens is 364 g/mol. The van der Waals surface area contributed by atoms with Crippen LogP contribution in [-0.4, -0.2) is 50.2 Å². The van der Waals surface area contributed by atoms with Gasteiger partial charge in [0.15, 0.2) is 11.5 Å². The standard InChI is InChI=1S/C20H24N2O6/c1-21-6-5-10-7-15(27-3)20(28-4)18-16(10)13(21)8-11-12(22(24)25)9-14(26-2)19(23)17(11)18/h7,9,13,23-25H,5-6,8H2,1-4H3/p-1/t13-/m0/s1. The third-order valence-corrected chi connectivity index (χ3v) is 5.81. The lowest BCUT2D eigenvalue weighted by Gasteiger charge is -2.42. The van der Waals surface area contributed by atoms with Crippen molar-refractivity contribution in [2.45, 2.75) is 18.9 Å². The van der Waals surface area contributed by atoms with E-state index in [-0.39, 0.29) is 28.5 Å². The number of hydrogen-bond donors (Lipinski definition) is 2. The van der Waals surface area contributed by atoms with Gasteiger partial charge in [0.1, 0.15) is 11.4 Å². The van der Waals surface area contributed by atoms with Crippen molar-refractivity contribution in [2.24, 2.45) is 0 Å². The highest BCUT2D eigenvalue weighted by Gasteiger charge is 2.38. The molecule has 4 rings (SSSR count). The molecular formula is C20H23N2O6-. The number of ether oxygens (including phenoxy) is 3. The van der Waals surface area contributed by atoms with E-state index in [1.165, 1.54) is 20.3 Å². The number of hydrogen-bond acceptors (Lipinski definition) is 8. The molecule has 1 aliphatic heterocycles. The number of anilines is 1. The maximum absolute atomic E-state index is 13.2. The van der Waals surface area contributed by atoms with Crippen molar-refractivity contribution in [1.29, 1.82) is 0 Å². The van der Waals surface area contributed by atoms with Gasteiger partial charge in [-0.1, -0.05) is 5.75 Å². The minimum absolute atomic E-state index is 0.0162. The smallest absolute Gasteiger partial charge is 0.168 e. The van der Waals surface area contributed by atoms with Crippen LogP contribution in [0.4, 0.5) is 5.69 Å². The summed E-state index contributed by atoms with van der Waals surface area (Å²) in [6.07, 6.45) is 1.29. The highest BCUT2D eigenvalue weighted by Crippen LogP contribution is 2.57. The van der Waals surface area contributed by atoms with E-state index in [0.717, 1.165) is 24.1 Å². The average molecular weight is 387 g/mol. The third kappa shape index (κ3) is 2.49. The molecule has 0 fully saturated rings. The van der Waals surface area contributed by atoms with Crippen LogP contribution in [0.2, 0.25) is 0 Å². The zero-order valence-corrected chi connectivity index (χ0v) is 16.3. The Bertz CT molecular complexity index is 943. The molecule has 28 heavy (non-hydrogen) atoms. The third-order valence-electron chi connectivity index (χ3n) is 5.81. The van der Waals surface area contributed by atoms with Crippen LogP contribution in [0.1, 0.15) is 22.7 Å². The lowest BCUT2D eigenvalue weighted by Crippen LogP contribution is -2.36. The van der Waals surface area contributed by atoms with Crippen LogP contribution in [0.5, 0.6) is 23.0 Å². The van der Waals surface area contributed by atoms with Gasteiger partial charge in [0.05, 0.1) is 21.3 Å². The van der Waals surface area contributed by atoms with E-state index >= 15 is 0 Å². The second-order valence-electron chi connectivity index (χ2n) is 7.08. The van der Waals surface area contributed by atoms with Crippen molar-refractivity contribution in [3.05, 3.63) is 28.8 Å². The first-order valence-electron chi connectivity index (χ1n) is 9.00. The lowest BCUT2D eigenvalue weighted by molar-refractivity contribution is -0.269. The van der Waals surface area contributed by atoms with Gasteiger partial charge < -0.3 is 19.3 Å². The second-order valence-corrected chi connectivity index (χ2v) is 7.08. The number of fused-ring (bicyclic) bond motifs is 2. The second kappa shape index (κ2) is 6.73. The number of likely N-dealkylation sites (N-methyl/N-ethyl adjacent to an activating group) is 1. The van der Waals surface area contributed by atoms with Crippen LogP contribution >= 0.6 is 0 Å². The molecule has 8 heteroatoms. The molecule has 0 unspecified atom stereocenters. The first-order valence-corrected chi connectivity index (χ1v) is 9.00. The van der Waals surface area contributed by atoms with Crippen LogP contribution in [0.15, 0.2) is 12.1 Å². The molecule has 1 heterocycles. The van der Waals surface area contributed by atoms with Gasteiger partial charge in [0, 0.05) is 24.2 Å². The molecule has 0 amide bonds. The Balaban J connectivity index is 2.16. The molecule has 2 N–H and O–H groups in total. The van der Waals surface area contributed by atoms with E-state index in [1.807, 2.05) is 13.1 Å². The summed E-state index contributed by atoms with van der Waals surface area (Å²) in [5, 5.41) is 32.9. The Morgan fingerprint density at radius 3 is 2.39 bits per heavy atom. The van der Waals surface area contributed by atoms with Gasteiger partial charge in [0.2, 0.25) is 0 Å². The average Bonchev–Trinajstić information content (AvgIpc) is 2.69. The molecule has 2 aromatic rings. The lowest BCUT2D eigenvalue weighted by atomic mass is 9.75. The zero-order valence-electron chi connectivity index (χ0n) is 16.3. The maximum Gasteiger partial charge on any atom is 0.168 e. The fourth-order valence-electron chi connectivity index (χ4n) is 4.49. The summed E-state index contributed by atoms with van der Waals surface area (Å²) in [6.45, 7) is 0.847. The van der Waals surface area contributed by atoms with E-state index in [9.17, 15) is 15.5 Å². The quantitative estimate of drug-likeness (QED) is 0.770. The summed E-state index contributed by atoms with van der Waals surface area (Å²) in [6, 6.07) is 3.30. The van der Waals surface area contributed by atoms with Crippen molar-refractivity contribution in [3.63, 3.8) is 0 Å². The van der Waals surface area contributed by atoms with Crippen LogP contribution in [0.25, 0.3) is 11.1 Å². The number of rotatable bonds is 4. The van der Waals surface area contributed by atoms with Crippen LogP contribution in [0, 0.1) is 0 Å². The normalized spacial score (nSPS) is 17.6. The number of methoxy groups -OCH3 is 3. The van der Waals surface area contributed by atoms with Gasteiger partial charge in [0.25, 0.3) is 0 Å². The Kier molecular flexibility index (Phi) is 4.49. The van der Waals surface area contributed by atoms with Gasteiger partial charge in [-0.3, -0.25) is 15.3 Å². The van der Waals surface area contributed by atoms with Crippen molar-refractivity contribution >= 4 is 5.69 Å². The molecule has 2 aliphatic rings. The topological polar surface area (TPSA) is 97.7 Å². The predicted octanol–water partition coefficient (Wildman–Crippen LogP) is 2.12. The van der Waals surface area contributed by atoms with Crippen molar-refractivity contribution in [2.75, 3.05) is 40.1 Å². The molecule has 8 nitrogen and oxygen atoms in total. The minimum Gasteiger partial charge on any atom is -0.870 e. The van der Waals surface area contributed by atoms with Gasteiger partial charge in [-0.2, -0.15) is 0 Å². The molecule has 150 valence electrons. The predicted molar refractivity (Wildman–Crippen MR) is 99.8 cm³/mol. The van der Waals surface area contributed by atoms with E-state index in [2.05, 4.69) is 4.90 Å². The first kappa shape index (κ1) is 18.7. The highest BCUT2D eigenvalue weighted by atomic mass is 16.8. The first-order chi connectivity index (χ1) is 13.4. The van der Waals surface area contributed by atoms with Gasteiger partial charge in [-0.15, -0.1) is 5.23 Å².